The average Bonchev–Trinajstić information content (AvgIpc) is 2.89. The van der Waals surface area contributed by atoms with Crippen LogP contribution in [0.5, 0.6) is 0 Å². The molecule has 22 heavy (non-hydrogen) atoms. The Balaban J connectivity index is 2.03. The zero-order valence-electron chi connectivity index (χ0n) is 15.6. The van der Waals surface area contributed by atoms with Crippen LogP contribution in [-0.2, 0) is 4.79 Å². The van der Waals surface area contributed by atoms with E-state index < -0.39 is 0 Å². The van der Waals surface area contributed by atoms with E-state index in [0.29, 0.717) is 23.8 Å². The molecule has 2 aliphatic carbocycles. The van der Waals surface area contributed by atoms with Crippen molar-refractivity contribution in [1.29, 1.82) is 0 Å². The summed E-state index contributed by atoms with van der Waals surface area (Å²) in [6.07, 6.45) is 6.00. The van der Waals surface area contributed by atoms with E-state index in [1.165, 1.54) is 18.4 Å². The molecule has 0 unspecified atom stereocenters. The lowest BCUT2D eigenvalue weighted by atomic mass is 9.74. The van der Waals surface area contributed by atoms with Crippen molar-refractivity contribution >= 4 is 5.91 Å². The van der Waals surface area contributed by atoms with Crippen LogP contribution in [0.3, 0.4) is 0 Å². The molecule has 0 aromatic rings. The Bertz CT molecular complexity index is 445. The maximum atomic E-state index is 12.8. The van der Waals surface area contributed by atoms with E-state index in [2.05, 4.69) is 59.9 Å². The van der Waals surface area contributed by atoms with Crippen LogP contribution in [-0.4, -0.2) is 11.9 Å². The molecule has 0 aliphatic heterocycles. The third-order valence-electron chi connectivity index (χ3n) is 6.06. The summed E-state index contributed by atoms with van der Waals surface area (Å²) >= 11 is 0. The zero-order valence-corrected chi connectivity index (χ0v) is 15.6. The molecule has 0 aromatic heterocycles. The third-order valence-corrected chi connectivity index (χ3v) is 6.06. The first-order chi connectivity index (χ1) is 10.1. The van der Waals surface area contributed by atoms with E-state index >= 15 is 0 Å². The molecule has 2 saturated carbocycles. The molecule has 5 atom stereocenters. The largest absolute Gasteiger partial charge is 0.353 e. The summed E-state index contributed by atoms with van der Waals surface area (Å²) in [6, 6.07) is 0.375. The smallest absolute Gasteiger partial charge is 0.224 e. The van der Waals surface area contributed by atoms with Crippen molar-refractivity contribution in [2.24, 2.45) is 35.0 Å². The summed E-state index contributed by atoms with van der Waals surface area (Å²) in [5.41, 5.74) is 1.44. The van der Waals surface area contributed by atoms with Crippen molar-refractivity contribution in [1.82, 2.24) is 5.32 Å². The van der Waals surface area contributed by atoms with Crippen LogP contribution in [0, 0.1) is 35.0 Å². The average molecular weight is 306 g/mol. The highest BCUT2D eigenvalue weighted by molar-refractivity contribution is 5.84. The summed E-state index contributed by atoms with van der Waals surface area (Å²) in [7, 11) is 0. The Morgan fingerprint density at radius 2 is 1.86 bits per heavy atom. The van der Waals surface area contributed by atoms with E-state index in [0.717, 1.165) is 12.3 Å². The van der Waals surface area contributed by atoms with Gasteiger partial charge >= 0.3 is 0 Å². The zero-order chi connectivity index (χ0) is 16.7. The quantitative estimate of drug-likeness (QED) is 0.743. The first-order valence-corrected chi connectivity index (χ1v) is 9.10. The van der Waals surface area contributed by atoms with Crippen LogP contribution in [0.25, 0.3) is 0 Å². The van der Waals surface area contributed by atoms with E-state index in [-0.39, 0.29) is 17.2 Å². The van der Waals surface area contributed by atoms with Crippen LogP contribution in [0.2, 0.25) is 0 Å². The molecular formula is C20H35NO. The number of amides is 1. The Morgan fingerprint density at radius 3 is 2.41 bits per heavy atom. The second-order valence-corrected chi connectivity index (χ2v) is 9.01. The van der Waals surface area contributed by atoms with Gasteiger partial charge in [0.2, 0.25) is 5.91 Å². The minimum absolute atomic E-state index is 0.120. The first kappa shape index (κ1) is 17.6. The maximum absolute atomic E-state index is 12.8. The normalized spacial score (nSPS) is 36.8. The molecule has 2 rings (SSSR count). The maximum Gasteiger partial charge on any atom is 0.224 e. The molecule has 126 valence electrons. The van der Waals surface area contributed by atoms with Crippen molar-refractivity contribution in [2.75, 3.05) is 0 Å². The second kappa shape index (κ2) is 6.37. The molecule has 2 aliphatic rings. The highest BCUT2D eigenvalue weighted by atomic mass is 16.2. The fourth-order valence-corrected chi connectivity index (χ4v) is 4.49. The standard InChI is InChI=1S/C20H35NO/c1-12(2)10-16-18(20(16,6)7)19(22)21-17-11-14(5)8-9-15(17)13(3)4/h10,13-18H,8-9,11H2,1-7H3,(H,21,22)/t14-,15+,16-,17+,18-/m0/s1. The Hall–Kier alpha value is -0.790. The highest BCUT2D eigenvalue weighted by Gasteiger charge is 2.60. The molecular weight excluding hydrogens is 270 g/mol. The second-order valence-electron chi connectivity index (χ2n) is 9.01. The van der Waals surface area contributed by atoms with E-state index in [4.69, 9.17) is 0 Å². The highest BCUT2D eigenvalue weighted by Crippen LogP contribution is 2.59. The van der Waals surface area contributed by atoms with E-state index in [1.807, 2.05) is 0 Å². The van der Waals surface area contributed by atoms with Crippen molar-refractivity contribution in [3.05, 3.63) is 11.6 Å². The van der Waals surface area contributed by atoms with Gasteiger partial charge in [0.05, 0.1) is 5.92 Å². The molecule has 1 N–H and O–H groups in total. The Morgan fingerprint density at radius 1 is 1.23 bits per heavy atom. The number of hydrogen-bond donors (Lipinski definition) is 1. The van der Waals surface area contributed by atoms with Gasteiger partial charge in [-0.3, -0.25) is 4.79 Å². The monoisotopic (exact) mass is 305 g/mol. The minimum Gasteiger partial charge on any atom is -0.353 e. The van der Waals surface area contributed by atoms with Crippen molar-refractivity contribution in [2.45, 2.75) is 73.8 Å². The van der Waals surface area contributed by atoms with Crippen LogP contribution in [0.4, 0.5) is 0 Å². The third kappa shape index (κ3) is 3.58. The lowest BCUT2D eigenvalue weighted by molar-refractivity contribution is -0.124. The van der Waals surface area contributed by atoms with Crippen LogP contribution >= 0.6 is 0 Å². The van der Waals surface area contributed by atoms with Gasteiger partial charge in [0, 0.05) is 6.04 Å². The SMILES string of the molecule is CC(C)=C[C@H]1[C@@H](C(=O)N[C@@H]2C[C@@H](C)CC[C@@H]2C(C)C)C1(C)C. The van der Waals surface area contributed by atoms with Gasteiger partial charge in [-0.15, -0.1) is 0 Å². The molecule has 2 heteroatoms. The fourth-order valence-electron chi connectivity index (χ4n) is 4.49. The molecule has 2 nitrogen and oxygen atoms in total. The summed E-state index contributed by atoms with van der Waals surface area (Å²) in [5.74, 6) is 2.89. The molecule has 0 bridgehead atoms. The minimum atomic E-state index is 0.120. The predicted octanol–water partition coefficient (Wildman–Crippen LogP) is 4.80. The van der Waals surface area contributed by atoms with Crippen molar-refractivity contribution in [3.63, 3.8) is 0 Å². The van der Waals surface area contributed by atoms with Gasteiger partial charge in [0.1, 0.15) is 0 Å². The summed E-state index contributed by atoms with van der Waals surface area (Å²) in [4.78, 5) is 12.8. The van der Waals surface area contributed by atoms with E-state index in [1.54, 1.807) is 0 Å². The molecule has 0 spiro atoms. The summed E-state index contributed by atoms with van der Waals surface area (Å²) < 4.78 is 0. The Kier molecular flexibility index (Phi) is 5.09. The molecule has 2 fully saturated rings. The number of carbonyl (C=O) groups excluding carboxylic acids is 1. The number of allylic oxidation sites excluding steroid dienone is 2. The van der Waals surface area contributed by atoms with Gasteiger partial charge in [0.15, 0.2) is 0 Å². The summed E-state index contributed by atoms with van der Waals surface area (Å²) in [6.45, 7) is 15.6. The lowest BCUT2D eigenvalue weighted by Crippen LogP contribution is -2.46. The number of hydrogen-bond acceptors (Lipinski definition) is 1. The number of rotatable bonds is 4. The van der Waals surface area contributed by atoms with Gasteiger partial charge in [-0.2, -0.15) is 0 Å². The predicted molar refractivity (Wildman–Crippen MR) is 93.5 cm³/mol. The molecule has 0 saturated heterocycles. The molecule has 0 aromatic carbocycles. The summed E-state index contributed by atoms with van der Waals surface area (Å²) in [5, 5.41) is 3.43. The van der Waals surface area contributed by atoms with Crippen molar-refractivity contribution < 1.29 is 4.79 Å². The topological polar surface area (TPSA) is 29.1 Å². The fraction of sp³-hybridized carbons (Fsp3) is 0.850. The molecule has 0 heterocycles. The lowest BCUT2D eigenvalue weighted by Gasteiger charge is -2.38. The van der Waals surface area contributed by atoms with Gasteiger partial charge in [0.25, 0.3) is 0 Å². The van der Waals surface area contributed by atoms with Crippen molar-refractivity contribution in [3.8, 4) is 0 Å². The van der Waals surface area contributed by atoms with Gasteiger partial charge in [-0.05, 0) is 55.8 Å². The van der Waals surface area contributed by atoms with Gasteiger partial charge < -0.3 is 5.32 Å². The first-order valence-electron chi connectivity index (χ1n) is 9.10. The number of carbonyl (C=O) groups is 1. The molecule has 0 radical (unpaired) electrons. The van der Waals surface area contributed by atoms with Gasteiger partial charge in [-0.1, -0.05) is 52.7 Å². The molecule has 1 amide bonds. The van der Waals surface area contributed by atoms with Crippen LogP contribution in [0.1, 0.15) is 67.7 Å². The number of nitrogens with one attached hydrogen (secondary N) is 1. The van der Waals surface area contributed by atoms with Crippen LogP contribution < -0.4 is 5.32 Å². The van der Waals surface area contributed by atoms with Crippen LogP contribution in [0.15, 0.2) is 11.6 Å². The van der Waals surface area contributed by atoms with E-state index in [9.17, 15) is 4.79 Å². The Labute approximate surface area is 137 Å². The van der Waals surface area contributed by atoms with Gasteiger partial charge in [-0.25, -0.2) is 0 Å².